The van der Waals surface area contributed by atoms with Crippen LogP contribution in [-0.2, 0) is 16.0 Å². The summed E-state index contributed by atoms with van der Waals surface area (Å²) in [5.74, 6) is -0.0863. The molecule has 1 aliphatic rings. The Labute approximate surface area is 148 Å². The fourth-order valence-electron chi connectivity index (χ4n) is 3.13. The summed E-state index contributed by atoms with van der Waals surface area (Å²) in [6.45, 7) is 2.89. The van der Waals surface area contributed by atoms with Crippen molar-refractivity contribution in [2.75, 3.05) is 23.3 Å². The van der Waals surface area contributed by atoms with E-state index in [0.29, 0.717) is 12.1 Å². The largest absolute Gasteiger partial charge is 0.324 e. The maximum absolute atomic E-state index is 12.8. The lowest BCUT2D eigenvalue weighted by molar-refractivity contribution is -0.118. The molecule has 0 unspecified atom stereocenters. The lowest BCUT2D eigenvalue weighted by Gasteiger charge is -2.28. The number of nitrogens with one attached hydrogen (secondary N) is 2. The number of benzene rings is 2. The molecule has 5 nitrogen and oxygen atoms in total. The molecule has 1 aliphatic heterocycles. The van der Waals surface area contributed by atoms with Crippen LogP contribution < -0.4 is 15.5 Å². The van der Waals surface area contributed by atoms with Gasteiger partial charge >= 0.3 is 0 Å². The summed E-state index contributed by atoms with van der Waals surface area (Å²) in [6, 6.07) is 17.4. The maximum Gasteiger partial charge on any atom is 0.241 e. The zero-order valence-electron chi connectivity index (χ0n) is 14.4. The van der Waals surface area contributed by atoms with Crippen LogP contribution in [0.25, 0.3) is 0 Å². The van der Waals surface area contributed by atoms with Crippen LogP contribution in [0.3, 0.4) is 0 Å². The molecule has 0 bridgehead atoms. The van der Waals surface area contributed by atoms with Crippen molar-refractivity contribution in [3.8, 4) is 0 Å². The average molecular weight is 337 g/mol. The van der Waals surface area contributed by atoms with Gasteiger partial charge in [0.05, 0.1) is 17.9 Å². The number of hydrogen-bond acceptors (Lipinski definition) is 3. The molecular weight excluding hydrogens is 314 g/mol. The second-order valence-corrected chi connectivity index (χ2v) is 6.29. The number of carbonyl (C=O) groups excluding carboxylic acids is 2. The van der Waals surface area contributed by atoms with E-state index in [2.05, 4.69) is 22.8 Å². The van der Waals surface area contributed by atoms with Gasteiger partial charge in [-0.3, -0.25) is 9.59 Å². The maximum atomic E-state index is 12.8. The Morgan fingerprint density at radius 2 is 1.88 bits per heavy atom. The highest BCUT2D eigenvalue weighted by Crippen LogP contribution is 2.31. The molecule has 1 heterocycles. The highest BCUT2D eigenvalue weighted by molar-refractivity contribution is 6.04. The second-order valence-electron chi connectivity index (χ2n) is 6.29. The van der Waals surface area contributed by atoms with Crippen molar-refractivity contribution in [3.63, 3.8) is 0 Å². The van der Waals surface area contributed by atoms with Gasteiger partial charge in [-0.2, -0.15) is 0 Å². The van der Waals surface area contributed by atoms with E-state index in [1.165, 1.54) is 5.56 Å². The number of rotatable bonds is 5. The van der Waals surface area contributed by atoms with Gasteiger partial charge in [-0.1, -0.05) is 42.5 Å². The number of hydrogen-bond donors (Lipinski definition) is 2. The summed E-state index contributed by atoms with van der Waals surface area (Å²) in [4.78, 5) is 26.5. The Balaban J connectivity index is 1.63. The predicted molar refractivity (Wildman–Crippen MR) is 99.7 cm³/mol. The Kier molecular flexibility index (Phi) is 5.46. The molecule has 1 atom stereocenters. The molecule has 25 heavy (non-hydrogen) atoms. The van der Waals surface area contributed by atoms with Gasteiger partial charge in [0.2, 0.25) is 11.8 Å². The summed E-state index contributed by atoms with van der Waals surface area (Å²) < 4.78 is 0. The summed E-state index contributed by atoms with van der Waals surface area (Å²) in [7, 11) is 0. The van der Waals surface area contributed by atoms with E-state index in [0.717, 1.165) is 18.7 Å². The van der Waals surface area contributed by atoms with Crippen molar-refractivity contribution < 1.29 is 9.59 Å². The zero-order valence-corrected chi connectivity index (χ0v) is 14.4. The molecule has 2 amide bonds. The summed E-state index contributed by atoms with van der Waals surface area (Å²) in [5.41, 5.74) is 2.69. The molecule has 130 valence electrons. The van der Waals surface area contributed by atoms with Crippen molar-refractivity contribution >= 4 is 23.2 Å². The summed E-state index contributed by atoms with van der Waals surface area (Å²) in [5, 5.41) is 6.09. The number of fused-ring (bicyclic) bond motifs is 1. The van der Waals surface area contributed by atoms with Crippen LogP contribution in [0, 0.1) is 0 Å². The van der Waals surface area contributed by atoms with Crippen LogP contribution in [-0.4, -0.2) is 30.9 Å². The Bertz CT molecular complexity index is 746. The minimum atomic E-state index is -0.174. The SMILES string of the molecule is C[C@H]1CC(=O)Nc2ccccc2N1C(=O)CNCCc1ccccc1. The number of nitrogens with zero attached hydrogens (tertiary/aromatic N) is 1. The standard InChI is InChI=1S/C20H23N3O2/c1-15-13-19(24)22-17-9-5-6-10-18(17)23(15)20(25)14-21-12-11-16-7-3-2-4-8-16/h2-10,15,21H,11-14H2,1H3,(H,22,24)/t15-/m0/s1. The van der Waals surface area contributed by atoms with Crippen molar-refractivity contribution in [1.29, 1.82) is 0 Å². The van der Waals surface area contributed by atoms with E-state index in [1.54, 1.807) is 4.90 Å². The fourth-order valence-corrected chi connectivity index (χ4v) is 3.13. The molecule has 0 aliphatic carbocycles. The van der Waals surface area contributed by atoms with Gasteiger partial charge in [-0.15, -0.1) is 0 Å². The molecular formula is C20H23N3O2. The third kappa shape index (κ3) is 4.25. The fraction of sp³-hybridized carbons (Fsp3) is 0.300. The van der Waals surface area contributed by atoms with Crippen LogP contribution in [0.1, 0.15) is 18.9 Å². The average Bonchev–Trinajstić information content (AvgIpc) is 2.73. The molecule has 0 radical (unpaired) electrons. The van der Waals surface area contributed by atoms with Crippen molar-refractivity contribution in [2.24, 2.45) is 0 Å². The van der Waals surface area contributed by atoms with Crippen LogP contribution in [0.15, 0.2) is 54.6 Å². The first kappa shape index (κ1) is 17.2. The minimum absolute atomic E-state index is 0.0236. The second kappa shape index (κ2) is 7.94. The van der Waals surface area contributed by atoms with Gasteiger partial charge < -0.3 is 15.5 Å². The Morgan fingerprint density at radius 3 is 2.68 bits per heavy atom. The van der Waals surface area contributed by atoms with E-state index in [4.69, 9.17) is 0 Å². The molecule has 0 saturated carbocycles. The molecule has 2 aromatic rings. The van der Waals surface area contributed by atoms with Crippen LogP contribution in [0.5, 0.6) is 0 Å². The van der Waals surface area contributed by atoms with Crippen molar-refractivity contribution in [3.05, 3.63) is 60.2 Å². The first-order valence-electron chi connectivity index (χ1n) is 8.61. The van der Waals surface area contributed by atoms with E-state index in [9.17, 15) is 9.59 Å². The third-order valence-electron chi connectivity index (χ3n) is 4.34. The van der Waals surface area contributed by atoms with Gasteiger partial charge in [0.1, 0.15) is 0 Å². The van der Waals surface area contributed by atoms with Gasteiger partial charge in [-0.25, -0.2) is 0 Å². The number of carbonyl (C=O) groups is 2. The van der Waals surface area contributed by atoms with Crippen LogP contribution in [0.2, 0.25) is 0 Å². The highest BCUT2D eigenvalue weighted by Gasteiger charge is 2.28. The molecule has 5 heteroatoms. The lowest BCUT2D eigenvalue weighted by Crippen LogP contribution is -2.44. The Morgan fingerprint density at radius 1 is 1.16 bits per heavy atom. The first-order chi connectivity index (χ1) is 12.1. The minimum Gasteiger partial charge on any atom is -0.324 e. The van der Waals surface area contributed by atoms with Gasteiger partial charge in [0.25, 0.3) is 0 Å². The molecule has 0 saturated heterocycles. The van der Waals surface area contributed by atoms with Gasteiger partial charge in [0, 0.05) is 12.5 Å². The first-order valence-corrected chi connectivity index (χ1v) is 8.61. The smallest absolute Gasteiger partial charge is 0.241 e. The molecule has 2 N–H and O–H groups in total. The molecule has 0 aromatic heterocycles. The molecule has 0 fully saturated rings. The van der Waals surface area contributed by atoms with Crippen LogP contribution in [0.4, 0.5) is 11.4 Å². The van der Waals surface area contributed by atoms with Gasteiger partial charge in [-0.05, 0) is 37.6 Å². The summed E-state index contributed by atoms with van der Waals surface area (Å²) >= 11 is 0. The molecule has 3 rings (SSSR count). The quantitative estimate of drug-likeness (QED) is 0.825. The van der Waals surface area contributed by atoms with E-state index < -0.39 is 0 Å². The topological polar surface area (TPSA) is 61.4 Å². The number of para-hydroxylation sites is 2. The summed E-state index contributed by atoms with van der Waals surface area (Å²) in [6.07, 6.45) is 1.17. The molecule has 0 spiro atoms. The van der Waals surface area contributed by atoms with Crippen molar-refractivity contribution in [1.82, 2.24) is 5.32 Å². The Hall–Kier alpha value is -2.66. The number of anilines is 2. The lowest BCUT2D eigenvalue weighted by atomic mass is 10.1. The monoisotopic (exact) mass is 337 g/mol. The third-order valence-corrected chi connectivity index (χ3v) is 4.34. The van der Waals surface area contributed by atoms with E-state index >= 15 is 0 Å². The number of amides is 2. The normalized spacial score (nSPS) is 16.8. The van der Waals surface area contributed by atoms with Crippen molar-refractivity contribution in [2.45, 2.75) is 25.8 Å². The highest BCUT2D eigenvalue weighted by atomic mass is 16.2. The van der Waals surface area contributed by atoms with E-state index in [1.807, 2.05) is 49.4 Å². The predicted octanol–water partition coefficient (Wildman–Crippen LogP) is 2.58. The zero-order chi connectivity index (χ0) is 17.6. The van der Waals surface area contributed by atoms with Gasteiger partial charge in [0.15, 0.2) is 0 Å². The van der Waals surface area contributed by atoms with Crippen LogP contribution >= 0.6 is 0 Å². The van der Waals surface area contributed by atoms with E-state index in [-0.39, 0.29) is 24.4 Å². The molecule has 2 aromatic carbocycles.